The van der Waals surface area contributed by atoms with Crippen LogP contribution in [0.15, 0.2) is 4.42 Å². The van der Waals surface area contributed by atoms with Crippen LogP contribution in [0.4, 0.5) is 0 Å². The molecule has 1 N–H and O–H groups in total. The molecule has 0 aliphatic heterocycles. The van der Waals surface area contributed by atoms with E-state index in [-0.39, 0.29) is 5.54 Å². The van der Waals surface area contributed by atoms with Crippen molar-refractivity contribution in [2.75, 3.05) is 6.54 Å². The van der Waals surface area contributed by atoms with Crippen LogP contribution in [0.1, 0.15) is 84.4 Å². The second-order valence-electron chi connectivity index (χ2n) is 6.89. The summed E-state index contributed by atoms with van der Waals surface area (Å²) in [5.74, 6) is 1.59. The lowest BCUT2D eigenvalue weighted by molar-refractivity contribution is 0.403. The van der Waals surface area contributed by atoms with Crippen molar-refractivity contribution < 1.29 is 4.42 Å². The van der Waals surface area contributed by atoms with Gasteiger partial charge in [0, 0.05) is 18.4 Å². The molecule has 0 unspecified atom stereocenters. The monoisotopic (exact) mass is 295 g/mol. The van der Waals surface area contributed by atoms with E-state index in [2.05, 4.69) is 43.2 Å². The number of hydrogen-bond acceptors (Lipinski definition) is 4. The Balaban J connectivity index is 2.09. The molecule has 0 amide bonds. The Kier molecular flexibility index (Phi) is 8.58. The number of unbranched alkanes of at least 4 members (excludes halogenated alkanes) is 5. The molecule has 1 aromatic rings. The maximum absolute atomic E-state index is 5.69. The molecule has 0 atom stereocenters. The van der Waals surface area contributed by atoms with E-state index in [9.17, 15) is 0 Å². The first-order valence-corrected chi connectivity index (χ1v) is 8.57. The first-order chi connectivity index (χ1) is 10.0. The summed E-state index contributed by atoms with van der Waals surface area (Å²) >= 11 is 0. The number of hydrogen-bond donors (Lipinski definition) is 1. The zero-order valence-electron chi connectivity index (χ0n) is 14.4. The summed E-state index contributed by atoms with van der Waals surface area (Å²) < 4.78 is 5.69. The van der Waals surface area contributed by atoms with Gasteiger partial charge >= 0.3 is 0 Å². The molecular weight excluding hydrogens is 262 g/mol. The molecule has 4 nitrogen and oxygen atoms in total. The van der Waals surface area contributed by atoms with Crippen LogP contribution in [0, 0.1) is 0 Å². The lowest BCUT2D eigenvalue weighted by Gasteiger charge is -2.19. The normalized spacial score (nSPS) is 12.0. The van der Waals surface area contributed by atoms with Crippen molar-refractivity contribution in [2.24, 2.45) is 0 Å². The van der Waals surface area contributed by atoms with E-state index >= 15 is 0 Å². The van der Waals surface area contributed by atoms with Crippen LogP contribution in [0.3, 0.4) is 0 Å². The Morgan fingerprint density at radius 3 is 2.05 bits per heavy atom. The lowest BCUT2D eigenvalue weighted by atomic mass is 10.1. The lowest BCUT2D eigenvalue weighted by Crippen LogP contribution is -2.36. The molecular formula is C17H33N3O. The van der Waals surface area contributed by atoms with Gasteiger partial charge in [-0.25, -0.2) is 0 Å². The highest BCUT2D eigenvalue weighted by molar-refractivity contribution is 4.83. The van der Waals surface area contributed by atoms with Gasteiger partial charge < -0.3 is 9.73 Å². The molecule has 1 rings (SSSR count). The summed E-state index contributed by atoms with van der Waals surface area (Å²) in [6, 6.07) is 0. The highest BCUT2D eigenvalue weighted by Gasteiger charge is 2.09. The predicted molar refractivity (Wildman–Crippen MR) is 87.5 cm³/mol. The van der Waals surface area contributed by atoms with Crippen LogP contribution >= 0.6 is 0 Å². The summed E-state index contributed by atoms with van der Waals surface area (Å²) in [6.45, 7) is 9.77. The number of aryl methyl sites for hydroxylation is 2. The van der Waals surface area contributed by atoms with Gasteiger partial charge in [-0.05, 0) is 40.2 Å². The molecule has 0 saturated carbocycles. The van der Waals surface area contributed by atoms with Crippen LogP contribution < -0.4 is 5.32 Å². The second kappa shape index (κ2) is 9.93. The fraction of sp³-hybridized carbons (Fsp3) is 0.882. The van der Waals surface area contributed by atoms with Gasteiger partial charge in [-0.2, -0.15) is 0 Å². The van der Waals surface area contributed by atoms with E-state index in [0.29, 0.717) is 0 Å². The quantitative estimate of drug-likeness (QED) is 0.619. The summed E-state index contributed by atoms with van der Waals surface area (Å²) in [6.07, 6.45) is 10.6. The third-order valence-electron chi connectivity index (χ3n) is 3.48. The molecule has 21 heavy (non-hydrogen) atoms. The average Bonchev–Trinajstić information content (AvgIpc) is 2.86. The molecule has 0 bridgehead atoms. The zero-order chi connectivity index (χ0) is 15.6. The number of rotatable bonds is 11. The molecule has 1 heterocycles. The van der Waals surface area contributed by atoms with Crippen LogP contribution in [-0.4, -0.2) is 22.3 Å². The largest absolute Gasteiger partial charge is 0.425 e. The number of nitrogens with one attached hydrogen (secondary N) is 1. The minimum absolute atomic E-state index is 0.178. The maximum atomic E-state index is 5.69. The fourth-order valence-electron chi connectivity index (χ4n) is 2.25. The molecule has 122 valence electrons. The Morgan fingerprint density at radius 2 is 1.43 bits per heavy atom. The van der Waals surface area contributed by atoms with Crippen molar-refractivity contribution in [3.8, 4) is 0 Å². The van der Waals surface area contributed by atoms with Crippen LogP contribution in [0.25, 0.3) is 0 Å². The van der Waals surface area contributed by atoms with Gasteiger partial charge in [0.2, 0.25) is 11.8 Å². The van der Waals surface area contributed by atoms with Gasteiger partial charge in [0.25, 0.3) is 0 Å². The van der Waals surface area contributed by atoms with Crippen LogP contribution in [0.2, 0.25) is 0 Å². The van der Waals surface area contributed by atoms with E-state index < -0.39 is 0 Å². The van der Waals surface area contributed by atoms with Gasteiger partial charge in [-0.3, -0.25) is 0 Å². The van der Waals surface area contributed by atoms with Crippen molar-refractivity contribution in [3.05, 3.63) is 11.8 Å². The van der Waals surface area contributed by atoms with Crippen molar-refractivity contribution >= 4 is 0 Å². The predicted octanol–water partition coefficient (Wildman–Crippen LogP) is 4.29. The van der Waals surface area contributed by atoms with Gasteiger partial charge in [-0.1, -0.05) is 39.0 Å². The number of aromatic nitrogens is 2. The Bertz CT molecular complexity index is 368. The van der Waals surface area contributed by atoms with E-state index in [0.717, 1.165) is 44.0 Å². The van der Waals surface area contributed by atoms with E-state index in [1.807, 2.05) is 0 Å². The van der Waals surface area contributed by atoms with Crippen LogP contribution in [0.5, 0.6) is 0 Å². The highest BCUT2D eigenvalue weighted by atomic mass is 16.4. The van der Waals surface area contributed by atoms with Crippen molar-refractivity contribution in [3.63, 3.8) is 0 Å². The average molecular weight is 295 g/mol. The molecule has 0 spiro atoms. The standard InChI is InChI=1S/C17H33N3O/c1-5-6-7-8-9-10-12-15-19-20-16(21-15)13-11-14-18-17(2,3)4/h18H,5-14H2,1-4H3. The third kappa shape index (κ3) is 9.62. The molecule has 0 aliphatic carbocycles. The van der Waals surface area contributed by atoms with E-state index in [4.69, 9.17) is 4.42 Å². The molecule has 0 aliphatic rings. The molecule has 0 aromatic carbocycles. The van der Waals surface area contributed by atoms with Gasteiger partial charge in [0.05, 0.1) is 0 Å². The summed E-state index contributed by atoms with van der Waals surface area (Å²) in [7, 11) is 0. The Labute approximate surface area is 130 Å². The first-order valence-electron chi connectivity index (χ1n) is 8.57. The smallest absolute Gasteiger partial charge is 0.216 e. The fourth-order valence-corrected chi connectivity index (χ4v) is 2.25. The summed E-state index contributed by atoms with van der Waals surface area (Å²) in [5, 5.41) is 11.7. The molecule has 0 fully saturated rings. The minimum Gasteiger partial charge on any atom is -0.425 e. The second-order valence-corrected chi connectivity index (χ2v) is 6.89. The van der Waals surface area contributed by atoms with Crippen molar-refractivity contribution in [2.45, 2.75) is 91.0 Å². The van der Waals surface area contributed by atoms with Gasteiger partial charge in [0.15, 0.2) is 0 Å². The van der Waals surface area contributed by atoms with Gasteiger partial charge in [-0.15, -0.1) is 10.2 Å². The molecule has 4 heteroatoms. The topological polar surface area (TPSA) is 51.0 Å². The first kappa shape index (κ1) is 18.1. The third-order valence-corrected chi connectivity index (χ3v) is 3.48. The molecule has 0 saturated heterocycles. The molecule has 1 aromatic heterocycles. The van der Waals surface area contributed by atoms with Crippen molar-refractivity contribution in [1.29, 1.82) is 0 Å². The van der Waals surface area contributed by atoms with Crippen LogP contribution in [-0.2, 0) is 12.8 Å². The molecule has 0 radical (unpaired) electrons. The zero-order valence-corrected chi connectivity index (χ0v) is 14.4. The van der Waals surface area contributed by atoms with E-state index in [1.165, 1.54) is 32.1 Å². The Hall–Kier alpha value is -0.900. The Morgan fingerprint density at radius 1 is 0.857 bits per heavy atom. The van der Waals surface area contributed by atoms with Crippen molar-refractivity contribution in [1.82, 2.24) is 15.5 Å². The maximum Gasteiger partial charge on any atom is 0.216 e. The minimum atomic E-state index is 0.178. The summed E-state index contributed by atoms with van der Waals surface area (Å²) in [4.78, 5) is 0. The summed E-state index contributed by atoms with van der Waals surface area (Å²) in [5.41, 5.74) is 0.178. The van der Waals surface area contributed by atoms with Gasteiger partial charge in [0.1, 0.15) is 0 Å². The number of nitrogens with zero attached hydrogens (tertiary/aromatic N) is 2. The van der Waals surface area contributed by atoms with E-state index in [1.54, 1.807) is 0 Å². The highest BCUT2D eigenvalue weighted by Crippen LogP contribution is 2.10. The SMILES string of the molecule is CCCCCCCCc1nnc(CCCNC(C)(C)C)o1.